The van der Waals surface area contributed by atoms with Gasteiger partial charge in [-0.2, -0.15) is 0 Å². The molecule has 0 spiro atoms. The predicted molar refractivity (Wildman–Crippen MR) is 69.4 cm³/mol. The summed E-state index contributed by atoms with van der Waals surface area (Å²) in [5.74, 6) is -0.756. The summed E-state index contributed by atoms with van der Waals surface area (Å²) < 4.78 is 6.21. The van der Waals surface area contributed by atoms with E-state index in [1.807, 2.05) is 24.3 Å². The molecule has 1 fully saturated rings. The summed E-state index contributed by atoms with van der Waals surface area (Å²) in [6.45, 7) is 6.35. The Morgan fingerprint density at radius 3 is 2.29 bits per heavy atom. The van der Waals surface area contributed by atoms with Gasteiger partial charge in [0.15, 0.2) is 8.32 Å². The van der Waals surface area contributed by atoms with Crippen molar-refractivity contribution in [1.29, 1.82) is 0 Å². The Balaban J connectivity index is 2.32. The Labute approximate surface area is 103 Å². The zero-order valence-corrected chi connectivity index (χ0v) is 11.7. The van der Waals surface area contributed by atoms with E-state index in [-0.39, 0.29) is 0 Å². The maximum absolute atomic E-state index is 11.7. The van der Waals surface area contributed by atoms with Crippen molar-refractivity contribution in [2.24, 2.45) is 5.41 Å². The molecule has 0 aromatic rings. The Kier molecular flexibility index (Phi) is 2.82. The van der Waals surface area contributed by atoms with Gasteiger partial charge in [0.05, 0.1) is 5.60 Å². The van der Waals surface area contributed by atoms with E-state index >= 15 is 0 Å². The molecular formula is C13H20O3Si. The SMILES string of the molecule is C[Si](C)(C)OC1(C2(C(=O)O)C=CC=CC2)CC1. The molecule has 1 unspecified atom stereocenters. The molecule has 1 atom stereocenters. The van der Waals surface area contributed by atoms with E-state index in [1.54, 1.807) is 0 Å². The number of allylic oxidation sites excluding steroid dienone is 3. The minimum absolute atomic E-state index is 0.454. The van der Waals surface area contributed by atoms with Gasteiger partial charge in [0.25, 0.3) is 0 Å². The monoisotopic (exact) mass is 252 g/mol. The lowest BCUT2D eigenvalue weighted by molar-refractivity contribution is -0.152. The van der Waals surface area contributed by atoms with E-state index in [0.717, 1.165) is 12.8 Å². The quantitative estimate of drug-likeness (QED) is 0.782. The number of hydrogen-bond donors (Lipinski definition) is 1. The fraction of sp³-hybridized carbons (Fsp3) is 0.615. The van der Waals surface area contributed by atoms with E-state index in [1.165, 1.54) is 0 Å². The number of aliphatic carboxylic acids is 1. The number of hydrogen-bond acceptors (Lipinski definition) is 2. The standard InChI is InChI=1S/C13H20O3Si/c1-17(2,3)16-13(9-10-13)12(11(14)15)7-5-4-6-8-12/h4-7H,8-10H2,1-3H3,(H,14,15). The van der Waals surface area contributed by atoms with Gasteiger partial charge in [-0.15, -0.1) is 0 Å². The lowest BCUT2D eigenvalue weighted by atomic mass is 9.74. The molecule has 2 aliphatic rings. The summed E-state index contributed by atoms with van der Waals surface area (Å²) in [4.78, 5) is 11.7. The normalized spacial score (nSPS) is 30.3. The van der Waals surface area contributed by atoms with Gasteiger partial charge in [-0.1, -0.05) is 24.3 Å². The van der Waals surface area contributed by atoms with Crippen molar-refractivity contribution in [3.63, 3.8) is 0 Å². The highest BCUT2D eigenvalue weighted by atomic mass is 28.4. The van der Waals surface area contributed by atoms with Crippen molar-refractivity contribution in [2.75, 3.05) is 0 Å². The largest absolute Gasteiger partial charge is 0.481 e. The topological polar surface area (TPSA) is 46.5 Å². The molecule has 0 aliphatic heterocycles. The van der Waals surface area contributed by atoms with Crippen molar-refractivity contribution in [3.8, 4) is 0 Å². The van der Waals surface area contributed by atoms with Gasteiger partial charge in [0.1, 0.15) is 5.41 Å². The fourth-order valence-corrected chi connectivity index (χ4v) is 4.21. The maximum atomic E-state index is 11.7. The van der Waals surface area contributed by atoms with Crippen LogP contribution in [0, 0.1) is 5.41 Å². The first-order valence-corrected chi connectivity index (χ1v) is 9.50. The van der Waals surface area contributed by atoms with Crippen LogP contribution in [0.25, 0.3) is 0 Å². The van der Waals surface area contributed by atoms with Gasteiger partial charge in [-0.25, -0.2) is 0 Å². The van der Waals surface area contributed by atoms with Crippen LogP contribution in [0.3, 0.4) is 0 Å². The number of carbonyl (C=O) groups is 1. The zero-order chi connectivity index (χ0) is 12.7. The molecule has 2 aliphatic carbocycles. The Morgan fingerprint density at radius 1 is 1.29 bits per heavy atom. The van der Waals surface area contributed by atoms with Crippen LogP contribution in [0.5, 0.6) is 0 Å². The van der Waals surface area contributed by atoms with Gasteiger partial charge in [-0.05, 0) is 38.9 Å². The number of carboxylic acids is 1. The maximum Gasteiger partial charge on any atom is 0.316 e. The smallest absolute Gasteiger partial charge is 0.316 e. The van der Waals surface area contributed by atoms with E-state index in [2.05, 4.69) is 19.6 Å². The highest BCUT2D eigenvalue weighted by Crippen LogP contribution is 2.58. The first-order chi connectivity index (χ1) is 7.81. The molecule has 0 aromatic carbocycles. The molecule has 94 valence electrons. The highest BCUT2D eigenvalue weighted by Gasteiger charge is 2.64. The second-order valence-electron chi connectivity index (χ2n) is 5.98. The van der Waals surface area contributed by atoms with Gasteiger partial charge < -0.3 is 9.53 Å². The first-order valence-electron chi connectivity index (χ1n) is 6.09. The van der Waals surface area contributed by atoms with Crippen LogP contribution >= 0.6 is 0 Å². The summed E-state index contributed by atoms with van der Waals surface area (Å²) in [5, 5.41) is 9.61. The predicted octanol–water partition coefficient (Wildman–Crippen LogP) is 2.96. The Hall–Kier alpha value is -0.873. The molecule has 4 heteroatoms. The highest BCUT2D eigenvalue weighted by molar-refractivity contribution is 6.69. The molecule has 1 saturated carbocycles. The third-order valence-electron chi connectivity index (χ3n) is 3.47. The average molecular weight is 252 g/mol. The van der Waals surface area contributed by atoms with Gasteiger partial charge >= 0.3 is 5.97 Å². The van der Waals surface area contributed by atoms with Crippen LogP contribution in [0.1, 0.15) is 19.3 Å². The van der Waals surface area contributed by atoms with Crippen LogP contribution in [0.15, 0.2) is 24.3 Å². The van der Waals surface area contributed by atoms with Crippen molar-refractivity contribution in [3.05, 3.63) is 24.3 Å². The molecule has 17 heavy (non-hydrogen) atoms. The second-order valence-corrected chi connectivity index (χ2v) is 10.4. The number of carboxylic acid groups (broad SMARTS) is 1. The average Bonchev–Trinajstić information content (AvgIpc) is 2.97. The minimum atomic E-state index is -1.73. The fourth-order valence-electron chi connectivity index (χ4n) is 2.65. The molecule has 0 heterocycles. The lowest BCUT2D eigenvalue weighted by Gasteiger charge is -2.39. The molecule has 0 saturated heterocycles. The van der Waals surface area contributed by atoms with Crippen molar-refractivity contribution < 1.29 is 14.3 Å². The van der Waals surface area contributed by atoms with Crippen LogP contribution in [0.4, 0.5) is 0 Å². The molecule has 0 aromatic heterocycles. The van der Waals surface area contributed by atoms with E-state index < -0.39 is 25.3 Å². The van der Waals surface area contributed by atoms with Gasteiger partial charge in [-0.3, -0.25) is 4.79 Å². The zero-order valence-electron chi connectivity index (χ0n) is 10.7. The molecule has 1 N–H and O–H groups in total. The van der Waals surface area contributed by atoms with Gasteiger partial charge in [0.2, 0.25) is 0 Å². The molecule has 2 rings (SSSR count). The van der Waals surface area contributed by atoms with Crippen molar-refractivity contribution in [2.45, 2.75) is 44.5 Å². The second kappa shape index (κ2) is 3.82. The number of rotatable bonds is 4. The van der Waals surface area contributed by atoms with Crippen molar-refractivity contribution >= 4 is 14.3 Å². The molecule has 0 amide bonds. The summed E-state index contributed by atoms with van der Waals surface area (Å²) >= 11 is 0. The minimum Gasteiger partial charge on any atom is -0.481 e. The molecular weight excluding hydrogens is 232 g/mol. The Morgan fingerprint density at radius 2 is 1.94 bits per heavy atom. The van der Waals surface area contributed by atoms with Crippen LogP contribution in [-0.2, 0) is 9.22 Å². The van der Waals surface area contributed by atoms with Crippen LogP contribution in [-0.4, -0.2) is 25.0 Å². The molecule has 0 radical (unpaired) electrons. The van der Waals surface area contributed by atoms with E-state index in [0.29, 0.717) is 6.42 Å². The van der Waals surface area contributed by atoms with E-state index in [9.17, 15) is 9.90 Å². The molecule has 0 bridgehead atoms. The van der Waals surface area contributed by atoms with Crippen molar-refractivity contribution in [1.82, 2.24) is 0 Å². The van der Waals surface area contributed by atoms with Crippen LogP contribution < -0.4 is 0 Å². The lowest BCUT2D eigenvalue weighted by Crippen LogP contribution is -2.49. The summed E-state index contributed by atoms with van der Waals surface area (Å²) in [6.07, 6.45) is 9.77. The third-order valence-corrected chi connectivity index (χ3v) is 4.47. The Bertz CT molecular complexity index is 388. The third kappa shape index (κ3) is 2.11. The summed E-state index contributed by atoms with van der Waals surface area (Å²) in [6, 6.07) is 0. The van der Waals surface area contributed by atoms with E-state index in [4.69, 9.17) is 4.43 Å². The summed E-state index contributed by atoms with van der Waals surface area (Å²) in [5.41, 5.74) is -1.30. The van der Waals surface area contributed by atoms with Crippen LogP contribution in [0.2, 0.25) is 19.6 Å². The first kappa shape index (κ1) is 12.6. The van der Waals surface area contributed by atoms with Gasteiger partial charge in [0, 0.05) is 0 Å². The molecule has 3 nitrogen and oxygen atoms in total. The summed E-state index contributed by atoms with van der Waals surface area (Å²) in [7, 11) is -1.73.